The maximum atomic E-state index is 14.4. The van der Waals surface area contributed by atoms with Crippen LogP contribution in [-0.4, -0.2) is 44.0 Å². The summed E-state index contributed by atoms with van der Waals surface area (Å²) in [4.78, 5) is 13.8. The number of carbonyl (C=O) groups excluding carboxylic acids is 1. The van der Waals surface area contributed by atoms with Gasteiger partial charge in [-0.25, -0.2) is 4.39 Å². The summed E-state index contributed by atoms with van der Waals surface area (Å²) >= 11 is 0. The lowest BCUT2D eigenvalue weighted by Gasteiger charge is -2.26. The van der Waals surface area contributed by atoms with Crippen molar-refractivity contribution in [2.75, 3.05) is 25.7 Å². The van der Waals surface area contributed by atoms with Crippen molar-refractivity contribution < 1.29 is 23.8 Å². The van der Waals surface area contributed by atoms with Crippen molar-refractivity contribution in [3.8, 4) is 16.9 Å². The fourth-order valence-electron chi connectivity index (χ4n) is 4.62. The summed E-state index contributed by atoms with van der Waals surface area (Å²) in [5.74, 6) is 0.0760. The van der Waals surface area contributed by atoms with E-state index >= 15 is 0 Å². The number of nitrogens with zero attached hydrogens (tertiary/aromatic N) is 1. The summed E-state index contributed by atoms with van der Waals surface area (Å²) in [5.41, 5.74) is 5.72. The van der Waals surface area contributed by atoms with Crippen molar-refractivity contribution in [3.05, 3.63) is 83.2 Å². The van der Waals surface area contributed by atoms with E-state index in [1.807, 2.05) is 37.3 Å². The molecule has 1 fully saturated rings. The summed E-state index contributed by atoms with van der Waals surface area (Å²) in [6.45, 7) is 2.54. The lowest BCUT2D eigenvalue weighted by atomic mass is 9.95. The van der Waals surface area contributed by atoms with E-state index in [1.165, 1.54) is 18.7 Å². The topological polar surface area (TPSA) is 59.0 Å². The van der Waals surface area contributed by atoms with Gasteiger partial charge >= 0.3 is 5.97 Å². The minimum Gasteiger partial charge on any atom is -0.497 e. The fraction of sp³-hybridized carbons (Fsp3) is 0.321. The highest BCUT2D eigenvalue weighted by atomic mass is 19.1. The van der Waals surface area contributed by atoms with Gasteiger partial charge in [-0.05, 0) is 72.4 Å². The summed E-state index contributed by atoms with van der Waals surface area (Å²) in [7, 11) is 2.95. The molecule has 0 aromatic heterocycles. The molecule has 0 aliphatic carbocycles. The van der Waals surface area contributed by atoms with Crippen LogP contribution >= 0.6 is 0 Å². The second-order valence-electron chi connectivity index (χ2n) is 8.81. The van der Waals surface area contributed by atoms with Gasteiger partial charge in [0, 0.05) is 23.8 Å². The number of carbonyl (C=O) groups is 1. The Morgan fingerprint density at radius 2 is 1.85 bits per heavy atom. The van der Waals surface area contributed by atoms with E-state index in [4.69, 9.17) is 9.47 Å². The molecule has 0 amide bonds. The van der Waals surface area contributed by atoms with E-state index < -0.39 is 6.10 Å². The molecule has 1 N–H and O–H groups in total. The first-order chi connectivity index (χ1) is 16.4. The molecule has 0 spiro atoms. The molecule has 5 nitrogen and oxygen atoms in total. The fourth-order valence-corrected chi connectivity index (χ4v) is 4.62. The second kappa shape index (κ2) is 10.3. The first-order valence-electron chi connectivity index (χ1n) is 11.4. The Morgan fingerprint density at radius 1 is 1.09 bits per heavy atom. The number of aliphatic hydroxyl groups excluding tert-OH is 1. The third-order valence-corrected chi connectivity index (χ3v) is 6.51. The van der Waals surface area contributed by atoms with Crippen LogP contribution in [0, 0.1) is 12.7 Å². The van der Waals surface area contributed by atoms with Crippen molar-refractivity contribution in [2.24, 2.45) is 0 Å². The number of aryl methyl sites for hydroxylation is 1. The minimum atomic E-state index is -0.454. The van der Waals surface area contributed by atoms with Gasteiger partial charge < -0.3 is 19.5 Å². The van der Waals surface area contributed by atoms with E-state index in [-0.39, 0.29) is 24.2 Å². The first kappa shape index (κ1) is 23.8. The van der Waals surface area contributed by atoms with Crippen LogP contribution in [0.4, 0.5) is 10.1 Å². The largest absolute Gasteiger partial charge is 0.497 e. The molecular weight excluding hydrogens is 433 g/mol. The van der Waals surface area contributed by atoms with Gasteiger partial charge in [0.05, 0.1) is 26.7 Å². The number of benzene rings is 3. The zero-order valence-electron chi connectivity index (χ0n) is 19.8. The third kappa shape index (κ3) is 5.23. The van der Waals surface area contributed by atoms with Crippen LogP contribution in [0.15, 0.2) is 60.7 Å². The van der Waals surface area contributed by atoms with Crippen molar-refractivity contribution in [2.45, 2.75) is 38.3 Å². The van der Waals surface area contributed by atoms with Gasteiger partial charge in [-0.15, -0.1) is 0 Å². The van der Waals surface area contributed by atoms with Crippen LogP contribution < -0.4 is 9.64 Å². The molecule has 1 saturated heterocycles. The number of aliphatic hydroxyl groups is 1. The SMILES string of the molecule is COC(=O)C[C@@H]1C[C@@H](O)CN1c1ccc(Cc2ccc(-c3cc(OC)ccc3F)cc2C)cc1. The normalized spacial score (nSPS) is 17.6. The molecule has 2 atom stereocenters. The number of hydrogen-bond acceptors (Lipinski definition) is 5. The second-order valence-corrected chi connectivity index (χ2v) is 8.81. The molecule has 3 aromatic rings. The van der Waals surface area contributed by atoms with Crippen LogP contribution in [0.2, 0.25) is 0 Å². The number of anilines is 1. The summed E-state index contributed by atoms with van der Waals surface area (Å²) in [6.07, 6.45) is 1.11. The van der Waals surface area contributed by atoms with Crippen LogP contribution in [0.25, 0.3) is 11.1 Å². The standard InChI is InChI=1S/C28H30FNO4/c1-18-12-21(26-16-25(33-2)10-11-27(26)29)7-6-20(18)13-19-4-8-22(9-5-19)30-17-24(31)14-23(30)15-28(32)34-3/h4-12,16,23-24,31H,13-15,17H2,1-3H3/t23-,24+/m0/s1. The molecule has 1 aliphatic rings. The lowest BCUT2D eigenvalue weighted by Crippen LogP contribution is -2.31. The Morgan fingerprint density at radius 3 is 2.53 bits per heavy atom. The molecule has 0 saturated carbocycles. The highest BCUT2D eigenvalue weighted by molar-refractivity contribution is 5.71. The number of halogens is 1. The summed E-state index contributed by atoms with van der Waals surface area (Å²) in [6, 6.07) is 18.9. The highest BCUT2D eigenvalue weighted by Gasteiger charge is 2.32. The van der Waals surface area contributed by atoms with Crippen molar-refractivity contribution in [3.63, 3.8) is 0 Å². The predicted octanol–water partition coefficient (Wildman–Crippen LogP) is 4.90. The molecule has 178 valence electrons. The molecule has 3 aromatic carbocycles. The Kier molecular flexibility index (Phi) is 7.17. The molecule has 0 radical (unpaired) electrons. The van der Waals surface area contributed by atoms with Crippen molar-refractivity contribution in [1.29, 1.82) is 0 Å². The van der Waals surface area contributed by atoms with Gasteiger partial charge in [0.1, 0.15) is 11.6 Å². The van der Waals surface area contributed by atoms with Crippen LogP contribution in [0.5, 0.6) is 5.75 Å². The summed E-state index contributed by atoms with van der Waals surface area (Å²) in [5, 5.41) is 10.1. The van der Waals surface area contributed by atoms with E-state index in [9.17, 15) is 14.3 Å². The van der Waals surface area contributed by atoms with Crippen LogP contribution in [0.3, 0.4) is 0 Å². The predicted molar refractivity (Wildman–Crippen MR) is 131 cm³/mol. The number of hydrogen-bond donors (Lipinski definition) is 1. The quantitative estimate of drug-likeness (QED) is 0.505. The Hall–Kier alpha value is -3.38. The smallest absolute Gasteiger partial charge is 0.307 e. The van der Waals surface area contributed by atoms with Gasteiger partial charge in [-0.3, -0.25) is 4.79 Å². The van der Waals surface area contributed by atoms with Gasteiger partial charge in [0.2, 0.25) is 0 Å². The molecule has 1 heterocycles. The number of ether oxygens (including phenoxy) is 2. The van der Waals surface area contributed by atoms with E-state index in [2.05, 4.69) is 17.0 Å². The molecule has 4 rings (SSSR count). The zero-order valence-corrected chi connectivity index (χ0v) is 19.8. The third-order valence-electron chi connectivity index (χ3n) is 6.51. The van der Waals surface area contributed by atoms with Crippen molar-refractivity contribution >= 4 is 11.7 Å². The van der Waals surface area contributed by atoms with E-state index in [0.29, 0.717) is 24.3 Å². The Labute approximate surface area is 199 Å². The van der Waals surface area contributed by atoms with Crippen molar-refractivity contribution in [1.82, 2.24) is 0 Å². The molecule has 0 bridgehead atoms. The van der Waals surface area contributed by atoms with Gasteiger partial charge in [-0.2, -0.15) is 0 Å². The minimum absolute atomic E-state index is 0.0694. The number of β-amino-alcohol motifs (C(OH)–C–C–N with tert-alkyl or cyclic N) is 1. The number of esters is 1. The van der Waals surface area contributed by atoms with E-state index in [1.54, 1.807) is 19.2 Å². The lowest BCUT2D eigenvalue weighted by molar-refractivity contribution is -0.141. The van der Waals surface area contributed by atoms with Gasteiger partial charge in [0.25, 0.3) is 0 Å². The molecule has 0 unspecified atom stereocenters. The monoisotopic (exact) mass is 463 g/mol. The van der Waals surface area contributed by atoms with E-state index in [0.717, 1.165) is 28.8 Å². The maximum Gasteiger partial charge on any atom is 0.307 e. The Balaban J connectivity index is 1.49. The number of methoxy groups -OCH3 is 2. The zero-order chi connectivity index (χ0) is 24.2. The average Bonchev–Trinajstić information content (AvgIpc) is 3.20. The molecule has 6 heteroatoms. The molecule has 34 heavy (non-hydrogen) atoms. The van der Waals surface area contributed by atoms with Crippen LogP contribution in [-0.2, 0) is 16.0 Å². The Bertz CT molecular complexity index is 1160. The molecular formula is C28H30FNO4. The average molecular weight is 464 g/mol. The maximum absolute atomic E-state index is 14.4. The highest BCUT2D eigenvalue weighted by Crippen LogP contribution is 2.31. The van der Waals surface area contributed by atoms with Crippen LogP contribution in [0.1, 0.15) is 29.5 Å². The van der Waals surface area contributed by atoms with Gasteiger partial charge in [-0.1, -0.05) is 30.3 Å². The summed E-state index contributed by atoms with van der Waals surface area (Å²) < 4.78 is 24.4. The van der Waals surface area contributed by atoms with Gasteiger partial charge in [0.15, 0.2) is 0 Å². The molecule has 1 aliphatic heterocycles. The number of rotatable bonds is 7. The first-order valence-corrected chi connectivity index (χ1v) is 11.4.